The number of hydrogen-bond acceptors (Lipinski definition) is 4. The zero-order valence-electron chi connectivity index (χ0n) is 10.3. The molecule has 0 heterocycles. The average Bonchev–Trinajstić information content (AvgIpc) is 2.38. The molecule has 1 rings (SSSR count). The van der Waals surface area contributed by atoms with Crippen LogP contribution >= 0.6 is 0 Å². The monoisotopic (exact) mass is 234 g/mol. The Kier molecular flexibility index (Phi) is 6.08. The Balaban J connectivity index is 2.32. The molecule has 1 aromatic carbocycles. The zero-order valence-corrected chi connectivity index (χ0v) is 10.3. The minimum atomic E-state index is -0.377. The van der Waals surface area contributed by atoms with E-state index in [0.717, 1.165) is 24.2 Å². The Morgan fingerprint density at radius 2 is 2.06 bits per heavy atom. The van der Waals surface area contributed by atoms with Gasteiger partial charge in [0.05, 0.1) is 13.2 Å². The standard InChI is InChI=1S/C13H18N2O2/c1-3-4-13(9-14)17-15-10-11-5-7-12(16-2)8-6-11/h5-8,13,15H,3-4,10H2,1-2H3. The number of benzene rings is 1. The van der Waals surface area contributed by atoms with Crippen molar-refractivity contribution in [3.8, 4) is 11.8 Å². The van der Waals surface area contributed by atoms with Crippen molar-refractivity contribution in [2.45, 2.75) is 32.4 Å². The number of hydroxylamine groups is 1. The molecule has 1 atom stereocenters. The SMILES string of the molecule is CCCC(C#N)ONCc1ccc(OC)cc1. The third-order valence-corrected chi connectivity index (χ3v) is 2.36. The van der Waals surface area contributed by atoms with Crippen LogP contribution in [0.3, 0.4) is 0 Å². The number of nitrogens with one attached hydrogen (secondary N) is 1. The molecule has 0 spiro atoms. The predicted octanol–water partition coefficient (Wildman–Crippen LogP) is 2.41. The zero-order chi connectivity index (χ0) is 12.5. The first-order chi connectivity index (χ1) is 8.30. The highest BCUT2D eigenvalue weighted by Crippen LogP contribution is 2.11. The van der Waals surface area contributed by atoms with Crippen molar-refractivity contribution in [2.24, 2.45) is 0 Å². The van der Waals surface area contributed by atoms with Gasteiger partial charge in [-0.2, -0.15) is 10.7 Å². The normalized spacial score (nSPS) is 11.8. The van der Waals surface area contributed by atoms with Crippen molar-refractivity contribution in [1.82, 2.24) is 5.48 Å². The molecule has 4 heteroatoms. The van der Waals surface area contributed by atoms with Gasteiger partial charge in [-0.1, -0.05) is 25.5 Å². The van der Waals surface area contributed by atoms with Gasteiger partial charge in [0.15, 0.2) is 6.10 Å². The minimum Gasteiger partial charge on any atom is -0.497 e. The molecule has 4 nitrogen and oxygen atoms in total. The van der Waals surface area contributed by atoms with Crippen LogP contribution in [-0.2, 0) is 11.4 Å². The van der Waals surface area contributed by atoms with E-state index in [4.69, 9.17) is 14.8 Å². The summed E-state index contributed by atoms with van der Waals surface area (Å²) in [6, 6.07) is 9.80. The van der Waals surface area contributed by atoms with Gasteiger partial charge < -0.3 is 4.74 Å². The molecule has 0 bridgehead atoms. The van der Waals surface area contributed by atoms with Crippen molar-refractivity contribution < 1.29 is 9.57 Å². The Hall–Kier alpha value is -1.57. The fraction of sp³-hybridized carbons (Fsp3) is 0.462. The van der Waals surface area contributed by atoms with E-state index in [9.17, 15) is 0 Å². The summed E-state index contributed by atoms with van der Waals surface area (Å²) >= 11 is 0. The average molecular weight is 234 g/mol. The summed E-state index contributed by atoms with van der Waals surface area (Å²) in [5, 5.41) is 8.79. The van der Waals surface area contributed by atoms with Gasteiger partial charge in [0, 0.05) is 6.54 Å². The topological polar surface area (TPSA) is 54.3 Å². The van der Waals surface area contributed by atoms with Crippen molar-refractivity contribution in [3.05, 3.63) is 29.8 Å². The van der Waals surface area contributed by atoms with E-state index in [0.29, 0.717) is 6.54 Å². The molecule has 0 aromatic heterocycles. The lowest BCUT2D eigenvalue weighted by Gasteiger charge is -2.10. The molecule has 0 saturated carbocycles. The summed E-state index contributed by atoms with van der Waals surface area (Å²) in [7, 11) is 1.64. The molecular formula is C13H18N2O2. The van der Waals surface area contributed by atoms with Crippen molar-refractivity contribution in [3.63, 3.8) is 0 Å². The van der Waals surface area contributed by atoms with Gasteiger partial charge >= 0.3 is 0 Å². The van der Waals surface area contributed by atoms with E-state index in [1.165, 1.54) is 0 Å². The lowest BCUT2D eigenvalue weighted by atomic mass is 10.2. The largest absolute Gasteiger partial charge is 0.497 e. The van der Waals surface area contributed by atoms with E-state index in [1.807, 2.05) is 31.2 Å². The lowest BCUT2D eigenvalue weighted by Crippen LogP contribution is -2.22. The summed E-state index contributed by atoms with van der Waals surface area (Å²) in [4.78, 5) is 5.25. The van der Waals surface area contributed by atoms with Gasteiger partial charge in [0.25, 0.3) is 0 Å². The molecule has 0 radical (unpaired) electrons. The maximum Gasteiger partial charge on any atom is 0.165 e. The second-order valence-corrected chi connectivity index (χ2v) is 3.69. The predicted molar refractivity (Wildman–Crippen MR) is 65.2 cm³/mol. The van der Waals surface area contributed by atoms with Crippen molar-refractivity contribution in [1.29, 1.82) is 5.26 Å². The van der Waals surface area contributed by atoms with E-state index in [2.05, 4.69) is 11.5 Å². The van der Waals surface area contributed by atoms with Crippen LogP contribution in [0.5, 0.6) is 5.75 Å². The van der Waals surface area contributed by atoms with Gasteiger partial charge in [-0.15, -0.1) is 0 Å². The highest BCUT2D eigenvalue weighted by molar-refractivity contribution is 5.26. The number of ether oxygens (including phenoxy) is 1. The highest BCUT2D eigenvalue weighted by Gasteiger charge is 2.05. The summed E-state index contributed by atoms with van der Waals surface area (Å²) in [6.07, 6.45) is 1.30. The van der Waals surface area contributed by atoms with Crippen LogP contribution in [-0.4, -0.2) is 13.2 Å². The molecule has 0 aliphatic heterocycles. The molecule has 1 unspecified atom stereocenters. The Morgan fingerprint density at radius 3 is 2.59 bits per heavy atom. The summed E-state index contributed by atoms with van der Waals surface area (Å²) in [5.41, 5.74) is 3.89. The summed E-state index contributed by atoms with van der Waals surface area (Å²) in [5.74, 6) is 0.829. The van der Waals surface area contributed by atoms with Crippen LogP contribution in [0, 0.1) is 11.3 Å². The van der Waals surface area contributed by atoms with Crippen LogP contribution in [0.1, 0.15) is 25.3 Å². The lowest BCUT2D eigenvalue weighted by molar-refractivity contribution is -0.00364. The molecule has 0 fully saturated rings. The van der Waals surface area contributed by atoms with E-state index >= 15 is 0 Å². The van der Waals surface area contributed by atoms with Gasteiger partial charge in [0.2, 0.25) is 0 Å². The summed E-state index contributed by atoms with van der Waals surface area (Å²) < 4.78 is 5.07. The Morgan fingerprint density at radius 1 is 1.35 bits per heavy atom. The second-order valence-electron chi connectivity index (χ2n) is 3.69. The molecule has 17 heavy (non-hydrogen) atoms. The van der Waals surface area contributed by atoms with E-state index < -0.39 is 0 Å². The Labute approximate surface area is 102 Å². The maximum absolute atomic E-state index is 8.79. The van der Waals surface area contributed by atoms with Crippen molar-refractivity contribution in [2.75, 3.05) is 7.11 Å². The molecule has 0 aliphatic carbocycles. The number of hydrogen-bond donors (Lipinski definition) is 1. The van der Waals surface area contributed by atoms with Crippen molar-refractivity contribution >= 4 is 0 Å². The molecule has 1 aromatic rings. The minimum absolute atomic E-state index is 0.377. The fourth-order valence-electron chi connectivity index (χ4n) is 1.38. The highest BCUT2D eigenvalue weighted by atomic mass is 16.7. The first kappa shape index (κ1) is 13.5. The van der Waals surface area contributed by atoms with Gasteiger partial charge in [-0.25, -0.2) is 0 Å². The number of nitrogens with zero attached hydrogens (tertiary/aromatic N) is 1. The van der Waals surface area contributed by atoms with E-state index in [-0.39, 0.29) is 6.10 Å². The third kappa shape index (κ3) is 4.85. The number of methoxy groups -OCH3 is 1. The quantitative estimate of drug-likeness (QED) is 0.736. The van der Waals surface area contributed by atoms with Gasteiger partial charge in [0.1, 0.15) is 5.75 Å². The molecule has 0 amide bonds. The Bertz CT molecular complexity index is 357. The van der Waals surface area contributed by atoms with Crippen LogP contribution in [0.4, 0.5) is 0 Å². The number of nitriles is 1. The molecule has 1 N–H and O–H groups in total. The second kappa shape index (κ2) is 7.66. The smallest absolute Gasteiger partial charge is 0.165 e. The first-order valence-electron chi connectivity index (χ1n) is 5.71. The van der Waals surface area contributed by atoms with Gasteiger partial charge in [-0.3, -0.25) is 4.84 Å². The molecular weight excluding hydrogens is 216 g/mol. The first-order valence-corrected chi connectivity index (χ1v) is 5.71. The fourth-order valence-corrected chi connectivity index (χ4v) is 1.38. The maximum atomic E-state index is 8.79. The van der Waals surface area contributed by atoms with Crippen LogP contribution in [0.15, 0.2) is 24.3 Å². The van der Waals surface area contributed by atoms with E-state index in [1.54, 1.807) is 7.11 Å². The van der Waals surface area contributed by atoms with Crippen LogP contribution in [0.25, 0.3) is 0 Å². The molecule has 0 saturated heterocycles. The van der Waals surface area contributed by atoms with Crippen LogP contribution < -0.4 is 10.2 Å². The molecule has 0 aliphatic rings. The number of rotatable bonds is 7. The van der Waals surface area contributed by atoms with Crippen LogP contribution in [0.2, 0.25) is 0 Å². The third-order valence-electron chi connectivity index (χ3n) is 2.36. The summed E-state index contributed by atoms with van der Waals surface area (Å²) in [6.45, 7) is 2.60. The molecule has 92 valence electrons. The van der Waals surface area contributed by atoms with Gasteiger partial charge in [-0.05, 0) is 24.1 Å².